The largest absolute Gasteiger partial charge is 0.390 e. The number of nitrogens with zero attached hydrogens (tertiary/aromatic N) is 3. The topological polar surface area (TPSA) is 93.0 Å². The van der Waals surface area contributed by atoms with Gasteiger partial charge in [0.1, 0.15) is 12.1 Å². The van der Waals surface area contributed by atoms with Gasteiger partial charge < -0.3 is 14.8 Å². The Morgan fingerprint density at radius 3 is 2.84 bits per heavy atom. The Hall–Kier alpha value is -1.43. The monoisotopic (exact) mass is 366 g/mol. The van der Waals surface area contributed by atoms with Crippen LogP contribution in [0, 0.1) is 18.8 Å². The predicted octanol–water partition coefficient (Wildman–Crippen LogP) is 1.67. The molecule has 2 N–H and O–H groups in total. The molecule has 8 heteroatoms. The fraction of sp³-hybridized carbons (Fsp3) is 0.647. The van der Waals surface area contributed by atoms with E-state index in [4.69, 9.17) is 4.74 Å². The highest BCUT2D eigenvalue weighted by Crippen LogP contribution is 2.44. The summed E-state index contributed by atoms with van der Waals surface area (Å²) in [6.07, 6.45) is 5.56. The van der Waals surface area contributed by atoms with Gasteiger partial charge in [-0.3, -0.25) is 9.36 Å². The average molecular weight is 366 g/mol. The van der Waals surface area contributed by atoms with Crippen molar-refractivity contribution < 1.29 is 9.84 Å². The van der Waals surface area contributed by atoms with Crippen LogP contribution in [0.3, 0.4) is 0 Å². The molecule has 0 aliphatic carbocycles. The molecule has 25 heavy (non-hydrogen) atoms. The molecule has 1 aliphatic heterocycles. The third-order valence-corrected chi connectivity index (χ3v) is 6.35. The highest BCUT2D eigenvalue weighted by molar-refractivity contribution is 7.72. The highest BCUT2D eigenvalue weighted by Gasteiger charge is 2.44. The van der Waals surface area contributed by atoms with Crippen LogP contribution in [-0.2, 0) is 4.74 Å². The van der Waals surface area contributed by atoms with E-state index in [1.807, 2.05) is 6.92 Å². The minimum atomic E-state index is -1.22. The molecule has 0 bridgehead atoms. The van der Waals surface area contributed by atoms with Crippen LogP contribution < -0.4 is 5.56 Å². The Morgan fingerprint density at radius 1 is 1.52 bits per heavy atom. The van der Waals surface area contributed by atoms with Gasteiger partial charge in [0.05, 0.1) is 18.5 Å². The van der Waals surface area contributed by atoms with Crippen LogP contribution in [0.25, 0.3) is 11.2 Å². The van der Waals surface area contributed by atoms with E-state index >= 15 is 0 Å². The van der Waals surface area contributed by atoms with Crippen molar-refractivity contribution in [2.75, 3.05) is 19.5 Å². The molecule has 0 spiro atoms. The van der Waals surface area contributed by atoms with Crippen LogP contribution in [0.5, 0.6) is 0 Å². The van der Waals surface area contributed by atoms with Crippen molar-refractivity contribution >= 4 is 24.3 Å². The molecule has 0 amide bonds. The molecule has 1 fully saturated rings. The number of aromatic amines is 1. The molecule has 0 radical (unpaired) electrons. The SMILES string of the molecule is C=P(C)(C)CC(C)[C@H]1O[C@@H](n2cnc3c(=O)[nH]c(C)nc32)[C@H](C)[C@@H]1O. The number of rotatable bonds is 4. The molecule has 0 saturated carbocycles. The molecular weight excluding hydrogens is 339 g/mol. The van der Waals surface area contributed by atoms with Gasteiger partial charge in [0, 0.05) is 5.92 Å². The summed E-state index contributed by atoms with van der Waals surface area (Å²) in [6, 6.07) is 0. The molecule has 7 nitrogen and oxygen atoms in total. The molecule has 138 valence electrons. The molecule has 2 aromatic rings. The number of H-pyrrole nitrogens is 1. The van der Waals surface area contributed by atoms with E-state index in [9.17, 15) is 9.90 Å². The van der Waals surface area contributed by atoms with Crippen molar-refractivity contribution in [2.45, 2.75) is 39.2 Å². The summed E-state index contributed by atoms with van der Waals surface area (Å²) in [7, 11) is 0. The number of imidazole rings is 1. The van der Waals surface area contributed by atoms with Gasteiger partial charge in [0.15, 0.2) is 11.2 Å². The fourth-order valence-electron chi connectivity index (χ4n) is 3.73. The van der Waals surface area contributed by atoms with Gasteiger partial charge >= 0.3 is 0 Å². The lowest BCUT2D eigenvalue weighted by Gasteiger charge is -2.26. The number of ether oxygens (including phenoxy) is 1. The lowest BCUT2D eigenvalue weighted by molar-refractivity contribution is -0.0411. The maximum atomic E-state index is 12.0. The molecule has 3 heterocycles. The van der Waals surface area contributed by atoms with Crippen LogP contribution >= 0.6 is 6.89 Å². The zero-order valence-electron chi connectivity index (χ0n) is 15.4. The quantitative estimate of drug-likeness (QED) is 0.803. The highest BCUT2D eigenvalue weighted by atomic mass is 31.2. The standard InChI is InChI=1S/C17H27N4O3P/c1-9(7-25(4,5)6)14-13(22)10(2)17(24-14)21-8-18-12-15(21)19-11(3)20-16(12)23/h8-10,13-14,17,22H,4,7H2,1-3,5-6H3,(H,19,20,23)/t9?,10-,13+,14-,17-/m1/s1. The second-order valence-corrected chi connectivity index (χ2v) is 12.1. The van der Waals surface area contributed by atoms with E-state index in [0.29, 0.717) is 11.5 Å². The number of hydrogen-bond acceptors (Lipinski definition) is 5. The van der Waals surface area contributed by atoms with Crippen LogP contribution in [0.15, 0.2) is 11.1 Å². The van der Waals surface area contributed by atoms with Crippen molar-refractivity contribution in [1.29, 1.82) is 0 Å². The Balaban J connectivity index is 1.94. The lowest BCUT2D eigenvalue weighted by atomic mass is 9.95. The first-order valence-corrected chi connectivity index (χ1v) is 11.6. The molecule has 5 atom stereocenters. The molecule has 1 aliphatic rings. The number of aryl methyl sites for hydroxylation is 1. The number of aliphatic hydroxyl groups excluding tert-OH is 1. The maximum absolute atomic E-state index is 12.0. The zero-order valence-corrected chi connectivity index (χ0v) is 16.3. The normalized spacial score (nSPS) is 28.6. The van der Waals surface area contributed by atoms with E-state index in [1.54, 1.807) is 17.8 Å². The summed E-state index contributed by atoms with van der Waals surface area (Å²) in [5, 5.41) is 10.7. The van der Waals surface area contributed by atoms with Gasteiger partial charge in [-0.2, -0.15) is 0 Å². The first-order chi connectivity index (χ1) is 11.6. The third-order valence-electron chi connectivity index (χ3n) is 4.79. The second kappa shape index (κ2) is 6.38. The molecule has 1 saturated heterocycles. The van der Waals surface area contributed by atoms with Gasteiger partial charge in [-0.1, -0.05) is 13.8 Å². The van der Waals surface area contributed by atoms with Crippen LogP contribution in [0.1, 0.15) is 25.9 Å². The van der Waals surface area contributed by atoms with Gasteiger partial charge in [-0.25, -0.2) is 9.97 Å². The summed E-state index contributed by atoms with van der Waals surface area (Å²) in [4.78, 5) is 23.3. The predicted molar refractivity (Wildman–Crippen MR) is 102 cm³/mol. The van der Waals surface area contributed by atoms with Gasteiger partial charge in [-0.05, 0) is 32.3 Å². The summed E-state index contributed by atoms with van der Waals surface area (Å²) in [6.45, 7) is 8.95. The van der Waals surface area contributed by atoms with Gasteiger partial charge in [-0.15, -0.1) is 13.2 Å². The minimum absolute atomic E-state index is 0.127. The smallest absolute Gasteiger partial charge is 0.279 e. The Kier molecular flexibility index (Phi) is 4.69. The average Bonchev–Trinajstić information content (AvgIpc) is 3.00. The number of fused-ring (bicyclic) bond motifs is 1. The number of aliphatic hydroxyl groups is 1. The molecule has 0 aromatic carbocycles. The lowest BCUT2D eigenvalue weighted by Crippen LogP contribution is -2.32. The van der Waals surface area contributed by atoms with Crippen LogP contribution in [0.2, 0.25) is 0 Å². The number of aromatic nitrogens is 4. The Labute approximate surface area is 147 Å². The van der Waals surface area contributed by atoms with E-state index in [2.05, 4.69) is 41.5 Å². The van der Waals surface area contributed by atoms with Gasteiger partial charge in [0.25, 0.3) is 5.56 Å². The summed E-state index contributed by atoms with van der Waals surface area (Å²) < 4.78 is 8.00. The minimum Gasteiger partial charge on any atom is -0.390 e. The van der Waals surface area contributed by atoms with E-state index in [0.717, 1.165) is 6.16 Å². The van der Waals surface area contributed by atoms with Gasteiger partial charge in [0.2, 0.25) is 0 Å². The number of hydrogen-bond donors (Lipinski definition) is 2. The van der Waals surface area contributed by atoms with Crippen LogP contribution in [0.4, 0.5) is 0 Å². The maximum Gasteiger partial charge on any atom is 0.279 e. The van der Waals surface area contributed by atoms with E-state index < -0.39 is 19.2 Å². The first kappa shape index (κ1) is 18.4. The van der Waals surface area contributed by atoms with Crippen molar-refractivity contribution in [3.63, 3.8) is 0 Å². The van der Waals surface area contributed by atoms with Crippen molar-refractivity contribution in [3.8, 4) is 0 Å². The van der Waals surface area contributed by atoms with Crippen molar-refractivity contribution in [1.82, 2.24) is 19.5 Å². The molecular formula is C17H27N4O3P. The van der Waals surface area contributed by atoms with E-state index in [1.165, 1.54) is 0 Å². The first-order valence-electron chi connectivity index (χ1n) is 8.53. The third kappa shape index (κ3) is 3.46. The van der Waals surface area contributed by atoms with Crippen molar-refractivity contribution in [3.05, 3.63) is 22.5 Å². The van der Waals surface area contributed by atoms with Crippen LogP contribution in [-0.4, -0.2) is 62.6 Å². The summed E-state index contributed by atoms with van der Waals surface area (Å²) in [5.41, 5.74) is 0.516. The molecule has 2 aromatic heterocycles. The Morgan fingerprint density at radius 2 is 2.20 bits per heavy atom. The summed E-state index contributed by atoms with van der Waals surface area (Å²) >= 11 is 0. The zero-order chi connectivity index (χ0) is 18.5. The Bertz CT molecular complexity index is 884. The number of nitrogens with one attached hydrogen (secondary N) is 1. The second-order valence-electron chi connectivity index (χ2n) is 7.91. The van der Waals surface area contributed by atoms with E-state index in [-0.39, 0.29) is 29.0 Å². The molecule has 1 unspecified atom stereocenters. The summed E-state index contributed by atoms with van der Waals surface area (Å²) in [5.74, 6) is 0.604. The van der Waals surface area contributed by atoms with Crippen molar-refractivity contribution in [2.24, 2.45) is 11.8 Å². The molecule has 3 rings (SSSR count). The fourth-order valence-corrected chi connectivity index (χ4v) is 5.50.